The summed E-state index contributed by atoms with van der Waals surface area (Å²) >= 11 is 0. The molecule has 1 aliphatic rings. The molecule has 0 heterocycles. The van der Waals surface area contributed by atoms with E-state index >= 15 is 0 Å². The molecule has 0 spiro atoms. The Hall–Kier alpha value is -0.480. The van der Waals surface area contributed by atoms with E-state index in [0.29, 0.717) is 11.8 Å². The number of aliphatic hydroxyl groups is 1. The van der Waals surface area contributed by atoms with Crippen molar-refractivity contribution >= 4 is 0 Å². The fourth-order valence-corrected chi connectivity index (χ4v) is 1.21. The molecule has 0 radical (unpaired) electrons. The Morgan fingerprint density at radius 3 is 2.33 bits per heavy atom. The number of rotatable bonds is 1. The van der Waals surface area contributed by atoms with Gasteiger partial charge in [0.25, 0.3) is 0 Å². The lowest BCUT2D eigenvalue weighted by Crippen LogP contribution is -2.24. The smallest absolute Gasteiger partial charge is 0.125 e. The summed E-state index contributed by atoms with van der Waals surface area (Å²) in [6.45, 7) is 3.82. The van der Waals surface area contributed by atoms with Gasteiger partial charge < -0.3 is 5.11 Å². The topological polar surface area (TPSA) is 20.2 Å². The lowest BCUT2D eigenvalue weighted by Gasteiger charge is -2.14. The van der Waals surface area contributed by atoms with Crippen LogP contribution in [0.4, 0.5) is 0 Å². The first kappa shape index (κ1) is 6.64. The second-order valence-electron chi connectivity index (χ2n) is 3.11. The first-order valence-electron chi connectivity index (χ1n) is 3.28. The average molecular weight is 124 g/mol. The SMILES string of the molecule is C#CC(C)(O)C1CC1C. The molecule has 1 saturated carbocycles. The second kappa shape index (κ2) is 1.75. The first-order chi connectivity index (χ1) is 4.08. The van der Waals surface area contributed by atoms with Crippen LogP contribution in [0.1, 0.15) is 20.3 Å². The van der Waals surface area contributed by atoms with Gasteiger partial charge >= 0.3 is 0 Å². The van der Waals surface area contributed by atoms with Crippen molar-refractivity contribution in [2.24, 2.45) is 11.8 Å². The summed E-state index contributed by atoms with van der Waals surface area (Å²) in [5.74, 6) is 3.36. The van der Waals surface area contributed by atoms with Crippen molar-refractivity contribution in [3.8, 4) is 12.3 Å². The van der Waals surface area contributed by atoms with Crippen LogP contribution in [0.25, 0.3) is 0 Å². The normalized spacial score (nSPS) is 38.9. The molecule has 1 nitrogen and oxygen atoms in total. The molecule has 0 aromatic carbocycles. The molecule has 50 valence electrons. The van der Waals surface area contributed by atoms with E-state index < -0.39 is 5.60 Å². The third-order valence-corrected chi connectivity index (χ3v) is 2.12. The minimum absolute atomic E-state index is 0.350. The summed E-state index contributed by atoms with van der Waals surface area (Å²) in [5, 5.41) is 9.40. The zero-order chi connectivity index (χ0) is 7.07. The predicted octanol–water partition coefficient (Wildman–Crippen LogP) is 1.03. The van der Waals surface area contributed by atoms with Crippen LogP contribution in [0.15, 0.2) is 0 Å². The van der Waals surface area contributed by atoms with Crippen molar-refractivity contribution in [3.63, 3.8) is 0 Å². The van der Waals surface area contributed by atoms with Crippen LogP contribution < -0.4 is 0 Å². The van der Waals surface area contributed by atoms with E-state index in [1.807, 2.05) is 0 Å². The highest BCUT2D eigenvalue weighted by Gasteiger charge is 2.45. The Bertz CT molecular complexity index is 152. The quantitative estimate of drug-likeness (QED) is 0.517. The van der Waals surface area contributed by atoms with Crippen molar-refractivity contribution in [1.82, 2.24) is 0 Å². The molecule has 0 amide bonds. The van der Waals surface area contributed by atoms with E-state index in [9.17, 15) is 5.11 Å². The van der Waals surface area contributed by atoms with Gasteiger partial charge in [-0.05, 0) is 19.3 Å². The maximum Gasteiger partial charge on any atom is 0.125 e. The molecule has 1 heteroatoms. The van der Waals surface area contributed by atoms with Crippen molar-refractivity contribution < 1.29 is 5.11 Å². The van der Waals surface area contributed by atoms with Gasteiger partial charge in [0.1, 0.15) is 5.60 Å². The summed E-state index contributed by atoms with van der Waals surface area (Å²) in [6.07, 6.45) is 6.19. The molecular formula is C8H12O. The third kappa shape index (κ3) is 1.09. The molecule has 3 atom stereocenters. The third-order valence-electron chi connectivity index (χ3n) is 2.12. The molecule has 0 aromatic heterocycles. The molecule has 0 saturated heterocycles. The zero-order valence-corrected chi connectivity index (χ0v) is 5.89. The van der Waals surface area contributed by atoms with Crippen LogP contribution >= 0.6 is 0 Å². The maximum absolute atomic E-state index is 9.40. The Kier molecular flexibility index (Phi) is 1.29. The van der Waals surface area contributed by atoms with Gasteiger partial charge in [0.15, 0.2) is 0 Å². The Morgan fingerprint density at radius 2 is 2.22 bits per heavy atom. The van der Waals surface area contributed by atoms with E-state index in [1.54, 1.807) is 6.92 Å². The molecule has 1 N–H and O–H groups in total. The van der Waals surface area contributed by atoms with Gasteiger partial charge in [-0.3, -0.25) is 0 Å². The summed E-state index contributed by atoms with van der Waals surface area (Å²) < 4.78 is 0. The highest BCUT2D eigenvalue weighted by Crippen LogP contribution is 2.45. The molecule has 9 heavy (non-hydrogen) atoms. The van der Waals surface area contributed by atoms with Gasteiger partial charge in [0.05, 0.1) is 0 Å². The highest BCUT2D eigenvalue weighted by molar-refractivity contribution is 5.13. The van der Waals surface area contributed by atoms with Crippen LogP contribution in [0.2, 0.25) is 0 Å². The van der Waals surface area contributed by atoms with Crippen molar-refractivity contribution in [3.05, 3.63) is 0 Å². The lowest BCUT2D eigenvalue weighted by atomic mass is 10.0. The molecule has 0 aliphatic heterocycles. The van der Waals surface area contributed by atoms with Crippen molar-refractivity contribution in [2.75, 3.05) is 0 Å². The van der Waals surface area contributed by atoms with Gasteiger partial charge in [-0.2, -0.15) is 0 Å². The minimum Gasteiger partial charge on any atom is -0.378 e. The highest BCUT2D eigenvalue weighted by atomic mass is 16.3. The van der Waals surface area contributed by atoms with Gasteiger partial charge in [0, 0.05) is 5.92 Å². The molecule has 1 fully saturated rings. The van der Waals surface area contributed by atoms with Crippen LogP contribution in [0.5, 0.6) is 0 Å². The van der Waals surface area contributed by atoms with Crippen LogP contribution in [0.3, 0.4) is 0 Å². The van der Waals surface area contributed by atoms with Crippen molar-refractivity contribution in [1.29, 1.82) is 0 Å². The largest absolute Gasteiger partial charge is 0.378 e. The number of hydrogen-bond acceptors (Lipinski definition) is 1. The zero-order valence-electron chi connectivity index (χ0n) is 5.89. The maximum atomic E-state index is 9.40. The molecule has 3 unspecified atom stereocenters. The monoisotopic (exact) mass is 124 g/mol. The van der Waals surface area contributed by atoms with Crippen LogP contribution in [0, 0.1) is 24.2 Å². The van der Waals surface area contributed by atoms with Gasteiger partial charge in [0.2, 0.25) is 0 Å². The Morgan fingerprint density at radius 1 is 1.78 bits per heavy atom. The van der Waals surface area contributed by atoms with Gasteiger partial charge in [-0.15, -0.1) is 6.42 Å². The molecular weight excluding hydrogens is 112 g/mol. The van der Waals surface area contributed by atoms with Gasteiger partial charge in [-0.1, -0.05) is 12.8 Å². The van der Waals surface area contributed by atoms with E-state index in [-0.39, 0.29) is 0 Å². The Balaban J connectivity index is 2.54. The minimum atomic E-state index is -0.848. The average Bonchev–Trinajstić information content (AvgIpc) is 2.47. The Labute approximate surface area is 56.1 Å². The van der Waals surface area contributed by atoms with Crippen molar-refractivity contribution in [2.45, 2.75) is 25.9 Å². The summed E-state index contributed by atoms with van der Waals surface area (Å²) in [6, 6.07) is 0. The number of hydrogen-bond donors (Lipinski definition) is 1. The fourth-order valence-electron chi connectivity index (χ4n) is 1.21. The summed E-state index contributed by atoms with van der Waals surface area (Å²) in [7, 11) is 0. The second-order valence-corrected chi connectivity index (χ2v) is 3.11. The van der Waals surface area contributed by atoms with Crippen LogP contribution in [-0.4, -0.2) is 10.7 Å². The van der Waals surface area contributed by atoms with Crippen LogP contribution in [-0.2, 0) is 0 Å². The van der Waals surface area contributed by atoms with E-state index in [4.69, 9.17) is 6.42 Å². The molecule has 1 aliphatic carbocycles. The fraction of sp³-hybridized carbons (Fsp3) is 0.750. The van der Waals surface area contributed by atoms with E-state index in [2.05, 4.69) is 12.8 Å². The predicted molar refractivity (Wildman–Crippen MR) is 36.7 cm³/mol. The first-order valence-corrected chi connectivity index (χ1v) is 3.28. The van der Waals surface area contributed by atoms with E-state index in [1.165, 1.54) is 0 Å². The van der Waals surface area contributed by atoms with E-state index in [0.717, 1.165) is 6.42 Å². The summed E-state index contributed by atoms with van der Waals surface area (Å²) in [5.41, 5.74) is -0.848. The lowest BCUT2D eigenvalue weighted by molar-refractivity contribution is 0.0930. The standard InChI is InChI=1S/C8H12O/c1-4-8(3,9)7-5-6(7)2/h1,6-7,9H,5H2,2-3H3. The summed E-state index contributed by atoms with van der Waals surface area (Å²) in [4.78, 5) is 0. The molecule has 0 bridgehead atoms. The number of terminal acetylenes is 1. The van der Waals surface area contributed by atoms with Gasteiger partial charge in [-0.25, -0.2) is 0 Å². The molecule has 1 rings (SSSR count). The molecule has 0 aromatic rings.